The van der Waals surface area contributed by atoms with Crippen molar-refractivity contribution in [2.75, 3.05) is 0 Å². The van der Waals surface area contributed by atoms with Gasteiger partial charge in [0.1, 0.15) is 0 Å². The maximum absolute atomic E-state index is 3.96. The van der Waals surface area contributed by atoms with Crippen LogP contribution in [-0.4, -0.2) is 23.2 Å². The Morgan fingerprint density at radius 3 is 2.11 bits per heavy atom. The molecule has 0 radical (unpaired) electrons. The lowest BCUT2D eigenvalue weighted by atomic mass is 9.78. The molecule has 2 N–H and O–H groups in total. The lowest BCUT2D eigenvalue weighted by molar-refractivity contribution is 0.131. The number of nitrogens with one attached hydrogen (secondary N) is 2. The number of hydrogen-bond acceptors (Lipinski definition) is 2. The van der Waals surface area contributed by atoms with Crippen LogP contribution in [0.2, 0.25) is 0 Å². The van der Waals surface area contributed by atoms with E-state index in [4.69, 9.17) is 0 Å². The standard InChI is InChI=1S/C16H32N2/c1-12-7-6-8-13(9-12)17-14-10-15(2,3)18-16(4,5)11-14/h12-14,17-18H,6-11H2,1-5H3. The fourth-order valence-electron chi connectivity index (χ4n) is 4.36. The zero-order valence-electron chi connectivity index (χ0n) is 13.0. The van der Waals surface area contributed by atoms with E-state index in [1.807, 2.05) is 0 Å². The molecule has 18 heavy (non-hydrogen) atoms. The van der Waals surface area contributed by atoms with Gasteiger partial charge in [-0.15, -0.1) is 0 Å². The lowest BCUT2D eigenvalue weighted by Gasteiger charge is -2.48. The van der Waals surface area contributed by atoms with E-state index in [9.17, 15) is 0 Å². The summed E-state index contributed by atoms with van der Waals surface area (Å²) in [5.41, 5.74) is 0.527. The molecule has 0 aromatic rings. The lowest BCUT2D eigenvalue weighted by Crippen LogP contribution is -2.62. The normalized spacial score (nSPS) is 36.5. The molecule has 2 rings (SSSR count). The molecule has 1 aliphatic carbocycles. The van der Waals surface area contributed by atoms with E-state index in [1.165, 1.54) is 38.5 Å². The van der Waals surface area contributed by atoms with Crippen LogP contribution < -0.4 is 10.6 Å². The number of piperidine rings is 1. The summed E-state index contributed by atoms with van der Waals surface area (Å²) in [4.78, 5) is 0. The minimum Gasteiger partial charge on any atom is -0.311 e. The van der Waals surface area contributed by atoms with Crippen LogP contribution in [0.25, 0.3) is 0 Å². The molecular weight excluding hydrogens is 220 g/mol. The molecule has 0 amide bonds. The SMILES string of the molecule is CC1CCCC(NC2CC(C)(C)NC(C)(C)C2)C1. The second kappa shape index (κ2) is 5.13. The molecule has 0 bridgehead atoms. The Kier molecular flexibility index (Phi) is 4.08. The first-order valence-electron chi connectivity index (χ1n) is 7.81. The summed E-state index contributed by atoms with van der Waals surface area (Å²) in [7, 11) is 0. The van der Waals surface area contributed by atoms with Gasteiger partial charge in [-0.25, -0.2) is 0 Å². The second-order valence-corrected chi connectivity index (χ2v) is 8.13. The summed E-state index contributed by atoms with van der Waals surface area (Å²) >= 11 is 0. The minimum atomic E-state index is 0.264. The van der Waals surface area contributed by atoms with Crippen molar-refractivity contribution in [3.63, 3.8) is 0 Å². The Morgan fingerprint density at radius 2 is 1.56 bits per heavy atom. The molecule has 1 heterocycles. The van der Waals surface area contributed by atoms with Crippen LogP contribution in [0.5, 0.6) is 0 Å². The summed E-state index contributed by atoms with van der Waals surface area (Å²) in [6.45, 7) is 11.8. The topological polar surface area (TPSA) is 24.1 Å². The molecule has 2 heteroatoms. The van der Waals surface area contributed by atoms with Gasteiger partial charge in [0.15, 0.2) is 0 Å². The van der Waals surface area contributed by atoms with Crippen LogP contribution in [0.3, 0.4) is 0 Å². The van der Waals surface area contributed by atoms with Crippen LogP contribution in [0.15, 0.2) is 0 Å². The fraction of sp³-hybridized carbons (Fsp3) is 1.00. The highest BCUT2D eigenvalue weighted by Crippen LogP contribution is 2.30. The van der Waals surface area contributed by atoms with Crippen LogP contribution in [-0.2, 0) is 0 Å². The molecule has 106 valence electrons. The van der Waals surface area contributed by atoms with Crippen LogP contribution in [0, 0.1) is 5.92 Å². The molecule has 2 atom stereocenters. The Labute approximate surface area is 113 Å². The van der Waals surface area contributed by atoms with Crippen LogP contribution in [0.1, 0.15) is 73.1 Å². The number of rotatable bonds is 2. The third-order valence-electron chi connectivity index (χ3n) is 4.60. The molecule has 2 fully saturated rings. The van der Waals surface area contributed by atoms with Gasteiger partial charge in [-0.05, 0) is 59.3 Å². The molecule has 0 aromatic carbocycles. The molecule has 1 aliphatic heterocycles. The Bertz CT molecular complexity index is 267. The molecule has 0 aromatic heterocycles. The first kappa shape index (κ1) is 14.3. The summed E-state index contributed by atoms with van der Waals surface area (Å²) < 4.78 is 0. The van der Waals surface area contributed by atoms with E-state index in [0.29, 0.717) is 6.04 Å². The van der Waals surface area contributed by atoms with Gasteiger partial charge in [-0.3, -0.25) is 0 Å². The molecular formula is C16H32N2. The van der Waals surface area contributed by atoms with Crippen molar-refractivity contribution in [2.45, 2.75) is 96.3 Å². The minimum absolute atomic E-state index is 0.264. The number of hydrogen-bond donors (Lipinski definition) is 2. The van der Waals surface area contributed by atoms with E-state index in [-0.39, 0.29) is 11.1 Å². The van der Waals surface area contributed by atoms with Gasteiger partial charge in [0.2, 0.25) is 0 Å². The molecule has 2 unspecified atom stereocenters. The summed E-state index contributed by atoms with van der Waals surface area (Å²) in [6, 6.07) is 1.45. The van der Waals surface area contributed by atoms with Crippen molar-refractivity contribution < 1.29 is 0 Å². The molecule has 2 aliphatic rings. The second-order valence-electron chi connectivity index (χ2n) is 8.13. The fourth-order valence-corrected chi connectivity index (χ4v) is 4.36. The summed E-state index contributed by atoms with van der Waals surface area (Å²) in [5, 5.41) is 7.73. The maximum atomic E-state index is 3.96. The van der Waals surface area contributed by atoms with Gasteiger partial charge in [0.25, 0.3) is 0 Å². The van der Waals surface area contributed by atoms with Gasteiger partial charge in [0, 0.05) is 23.2 Å². The predicted octanol–water partition coefficient (Wildman–Crippen LogP) is 3.46. The van der Waals surface area contributed by atoms with Gasteiger partial charge in [-0.1, -0.05) is 19.8 Å². The first-order valence-corrected chi connectivity index (χ1v) is 7.81. The van der Waals surface area contributed by atoms with Gasteiger partial charge < -0.3 is 10.6 Å². The van der Waals surface area contributed by atoms with Crippen molar-refractivity contribution in [3.05, 3.63) is 0 Å². The Morgan fingerprint density at radius 1 is 0.944 bits per heavy atom. The third-order valence-corrected chi connectivity index (χ3v) is 4.60. The largest absolute Gasteiger partial charge is 0.311 e. The van der Waals surface area contributed by atoms with Gasteiger partial charge in [0.05, 0.1) is 0 Å². The highest BCUT2D eigenvalue weighted by Gasteiger charge is 2.38. The van der Waals surface area contributed by atoms with Crippen molar-refractivity contribution in [2.24, 2.45) is 5.92 Å². The molecule has 1 saturated carbocycles. The van der Waals surface area contributed by atoms with E-state index in [1.54, 1.807) is 0 Å². The quantitative estimate of drug-likeness (QED) is 0.786. The van der Waals surface area contributed by atoms with Gasteiger partial charge in [-0.2, -0.15) is 0 Å². The van der Waals surface area contributed by atoms with Crippen LogP contribution >= 0.6 is 0 Å². The third kappa shape index (κ3) is 3.96. The van der Waals surface area contributed by atoms with E-state index < -0.39 is 0 Å². The van der Waals surface area contributed by atoms with E-state index >= 15 is 0 Å². The molecule has 0 spiro atoms. The average molecular weight is 252 g/mol. The highest BCUT2D eigenvalue weighted by atomic mass is 15.1. The first-order chi connectivity index (χ1) is 8.26. The molecule has 2 nitrogen and oxygen atoms in total. The van der Waals surface area contributed by atoms with Crippen molar-refractivity contribution in [1.29, 1.82) is 0 Å². The monoisotopic (exact) mass is 252 g/mol. The predicted molar refractivity (Wildman–Crippen MR) is 78.9 cm³/mol. The van der Waals surface area contributed by atoms with E-state index in [2.05, 4.69) is 45.3 Å². The smallest absolute Gasteiger partial charge is 0.0144 e. The van der Waals surface area contributed by atoms with Crippen molar-refractivity contribution >= 4 is 0 Å². The zero-order valence-corrected chi connectivity index (χ0v) is 13.0. The van der Waals surface area contributed by atoms with Crippen molar-refractivity contribution in [3.8, 4) is 0 Å². The molecule has 1 saturated heterocycles. The zero-order chi connectivity index (χ0) is 13.4. The van der Waals surface area contributed by atoms with Crippen molar-refractivity contribution in [1.82, 2.24) is 10.6 Å². The Balaban J connectivity index is 1.92. The highest BCUT2D eigenvalue weighted by molar-refractivity contribution is 5.00. The van der Waals surface area contributed by atoms with Gasteiger partial charge >= 0.3 is 0 Å². The summed E-state index contributed by atoms with van der Waals surface area (Å²) in [6.07, 6.45) is 8.11. The average Bonchev–Trinajstić information content (AvgIpc) is 2.11. The maximum Gasteiger partial charge on any atom is 0.0144 e. The van der Waals surface area contributed by atoms with E-state index in [0.717, 1.165) is 12.0 Å². The summed E-state index contributed by atoms with van der Waals surface area (Å²) in [5.74, 6) is 0.916. The van der Waals surface area contributed by atoms with Crippen LogP contribution in [0.4, 0.5) is 0 Å². The Hall–Kier alpha value is -0.0800.